The highest BCUT2D eigenvalue weighted by Gasteiger charge is 2.24. The molecule has 1 atom stereocenters. The van der Waals surface area contributed by atoms with E-state index < -0.39 is 12.1 Å². The molecule has 0 unspecified atom stereocenters. The summed E-state index contributed by atoms with van der Waals surface area (Å²) < 4.78 is 5.31. The number of esters is 1. The summed E-state index contributed by atoms with van der Waals surface area (Å²) in [6, 6.07) is 15.6. The number of hydrogen-bond donors (Lipinski definition) is 1. The summed E-state index contributed by atoms with van der Waals surface area (Å²) in [5.74, 6) is -0.847. The highest BCUT2D eigenvalue weighted by atomic mass is 16.5. The van der Waals surface area contributed by atoms with Gasteiger partial charge in [0.15, 0.2) is 6.10 Å². The summed E-state index contributed by atoms with van der Waals surface area (Å²) in [5, 5.41) is 9.60. The van der Waals surface area contributed by atoms with Crippen molar-refractivity contribution in [2.24, 2.45) is 0 Å². The number of aromatic amines is 1. The Hall–Kier alpha value is -3.39. The Bertz CT molecular complexity index is 994. The molecule has 0 saturated heterocycles. The molecule has 0 amide bonds. The molecule has 0 aliphatic rings. The number of carbonyl (C=O) groups is 2. The molecule has 3 rings (SSSR count). The zero-order valence-electron chi connectivity index (χ0n) is 13.9. The standard InChI is InChI=1S/C20H16N2O3/c1-12-18(16-5-3-4-6-17(16)22-12)19(23)13(2)25-20(24)15-9-7-14(11-21)8-10-15/h3-10,13,22H,1-2H3/t13-/m0/s1. The van der Waals surface area contributed by atoms with Crippen molar-refractivity contribution in [3.63, 3.8) is 0 Å². The number of aromatic nitrogens is 1. The van der Waals surface area contributed by atoms with Crippen molar-refractivity contribution in [2.75, 3.05) is 0 Å². The molecule has 1 heterocycles. The number of H-pyrrole nitrogens is 1. The van der Waals surface area contributed by atoms with Gasteiger partial charge in [-0.2, -0.15) is 5.26 Å². The average molecular weight is 332 g/mol. The fourth-order valence-electron chi connectivity index (χ4n) is 2.76. The Balaban J connectivity index is 1.81. The topological polar surface area (TPSA) is 83.0 Å². The third-order valence-electron chi connectivity index (χ3n) is 4.04. The zero-order valence-corrected chi connectivity index (χ0v) is 13.9. The number of nitrogens with zero attached hydrogens (tertiary/aromatic N) is 1. The van der Waals surface area contributed by atoms with Crippen LogP contribution >= 0.6 is 0 Å². The van der Waals surface area contributed by atoms with E-state index in [1.54, 1.807) is 6.92 Å². The van der Waals surface area contributed by atoms with Crippen molar-refractivity contribution >= 4 is 22.7 Å². The molecule has 1 aromatic heterocycles. The van der Waals surface area contributed by atoms with Gasteiger partial charge in [0, 0.05) is 22.2 Å². The van der Waals surface area contributed by atoms with E-state index >= 15 is 0 Å². The largest absolute Gasteiger partial charge is 0.451 e. The van der Waals surface area contributed by atoms with Crippen LogP contribution in [0.1, 0.15) is 38.9 Å². The number of hydrogen-bond acceptors (Lipinski definition) is 4. The first kappa shape index (κ1) is 16.5. The third kappa shape index (κ3) is 3.15. The van der Waals surface area contributed by atoms with Gasteiger partial charge in [-0.15, -0.1) is 0 Å². The van der Waals surface area contributed by atoms with Gasteiger partial charge in [-0.3, -0.25) is 4.79 Å². The number of aryl methyl sites for hydroxylation is 1. The molecule has 124 valence electrons. The lowest BCUT2D eigenvalue weighted by molar-refractivity contribution is 0.0319. The van der Waals surface area contributed by atoms with Gasteiger partial charge in [0.2, 0.25) is 5.78 Å². The predicted octanol–water partition coefficient (Wildman–Crippen LogP) is 3.78. The first-order valence-corrected chi connectivity index (χ1v) is 7.84. The van der Waals surface area contributed by atoms with E-state index in [0.717, 1.165) is 16.6 Å². The molecule has 0 bridgehead atoms. The number of para-hydroxylation sites is 1. The summed E-state index contributed by atoms with van der Waals surface area (Å²) in [7, 11) is 0. The highest BCUT2D eigenvalue weighted by Crippen LogP contribution is 2.24. The lowest BCUT2D eigenvalue weighted by atomic mass is 10.0. The van der Waals surface area contributed by atoms with Gasteiger partial charge in [-0.25, -0.2) is 4.79 Å². The van der Waals surface area contributed by atoms with Crippen LogP contribution < -0.4 is 0 Å². The normalized spacial score (nSPS) is 11.7. The Kier molecular flexibility index (Phi) is 4.36. The van der Waals surface area contributed by atoms with Crippen LogP contribution in [0.2, 0.25) is 0 Å². The minimum atomic E-state index is -0.916. The van der Waals surface area contributed by atoms with Crippen LogP contribution in [0.3, 0.4) is 0 Å². The molecule has 0 aliphatic heterocycles. The van der Waals surface area contributed by atoms with Gasteiger partial charge in [0.05, 0.1) is 17.2 Å². The Morgan fingerprint density at radius 2 is 1.80 bits per heavy atom. The maximum atomic E-state index is 12.8. The number of ketones is 1. The molecule has 5 heteroatoms. The summed E-state index contributed by atoms with van der Waals surface area (Å²) >= 11 is 0. The van der Waals surface area contributed by atoms with E-state index in [-0.39, 0.29) is 5.78 Å². The molecular weight excluding hydrogens is 316 g/mol. The number of carbonyl (C=O) groups excluding carboxylic acids is 2. The van der Waals surface area contributed by atoms with Gasteiger partial charge in [0.1, 0.15) is 0 Å². The van der Waals surface area contributed by atoms with E-state index in [2.05, 4.69) is 4.98 Å². The SMILES string of the molecule is Cc1[nH]c2ccccc2c1C(=O)[C@H](C)OC(=O)c1ccc(C#N)cc1. The van der Waals surface area contributed by atoms with Crippen molar-refractivity contribution in [3.05, 3.63) is 70.9 Å². The summed E-state index contributed by atoms with van der Waals surface area (Å²) in [6.07, 6.45) is -0.916. The van der Waals surface area contributed by atoms with Crippen LogP contribution in [-0.4, -0.2) is 22.8 Å². The minimum absolute atomic E-state index is 0.253. The monoisotopic (exact) mass is 332 g/mol. The van der Waals surface area contributed by atoms with Crippen LogP contribution in [-0.2, 0) is 4.74 Å². The van der Waals surface area contributed by atoms with Crippen LogP contribution in [0.5, 0.6) is 0 Å². The highest BCUT2D eigenvalue weighted by molar-refractivity contribution is 6.11. The molecule has 0 fully saturated rings. The van der Waals surface area contributed by atoms with Gasteiger partial charge in [-0.05, 0) is 44.2 Å². The maximum Gasteiger partial charge on any atom is 0.338 e. The number of ether oxygens (including phenoxy) is 1. The molecule has 0 aliphatic carbocycles. The Morgan fingerprint density at radius 3 is 2.48 bits per heavy atom. The van der Waals surface area contributed by atoms with Gasteiger partial charge in [0.25, 0.3) is 0 Å². The molecule has 0 radical (unpaired) electrons. The smallest absolute Gasteiger partial charge is 0.338 e. The molecular formula is C20H16N2O3. The summed E-state index contributed by atoms with van der Waals surface area (Å²) in [4.78, 5) is 28.1. The Morgan fingerprint density at radius 1 is 1.12 bits per heavy atom. The lowest BCUT2D eigenvalue weighted by Crippen LogP contribution is -2.24. The fraction of sp³-hybridized carbons (Fsp3) is 0.150. The third-order valence-corrected chi connectivity index (χ3v) is 4.04. The zero-order chi connectivity index (χ0) is 18.0. The van der Waals surface area contributed by atoms with Crippen molar-refractivity contribution in [1.82, 2.24) is 4.98 Å². The second-order valence-corrected chi connectivity index (χ2v) is 5.77. The molecule has 0 spiro atoms. The van der Waals surface area contributed by atoms with Crippen molar-refractivity contribution in [2.45, 2.75) is 20.0 Å². The number of Topliss-reactive ketones (excluding diaryl/α,β-unsaturated/α-hetero) is 1. The number of fused-ring (bicyclic) bond motifs is 1. The fourth-order valence-corrected chi connectivity index (χ4v) is 2.76. The van der Waals surface area contributed by atoms with E-state index in [0.29, 0.717) is 16.7 Å². The average Bonchev–Trinajstić information content (AvgIpc) is 2.96. The van der Waals surface area contributed by atoms with Gasteiger partial charge in [-0.1, -0.05) is 18.2 Å². The number of nitriles is 1. The summed E-state index contributed by atoms with van der Waals surface area (Å²) in [6.45, 7) is 3.38. The summed E-state index contributed by atoms with van der Waals surface area (Å²) in [5.41, 5.74) is 2.90. The first-order chi connectivity index (χ1) is 12.0. The molecule has 3 aromatic rings. The van der Waals surface area contributed by atoms with E-state index in [1.807, 2.05) is 37.3 Å². The number of rotatable bonds is 4. The van der Waals surface area contributed by atoms with Crippen molar-refractivity contribution < 1.29 is 14.3 Å². The molecule has 1 N–H and O–H groups in total. The van der Waals surface area contributed by atoms with Crippen LogP contribution in [0.4, 0.5) is 0 Å². The first-order valence-electron chi connectivity index (χ1n) is 7.84. The Labute approximate surface area is 144 Å². The van der Waals surface area contributed by atoms with Crippen molar-refractivity contribution in [3.8, 4) is 6.07 Å². The quantitative estimate of drug-likeness (QED) is 0.582. The second kappa shape index (κ2) is 6.62. The second-order valence-electron chi connectivity index (χ2n) is 5.77. The molecule has 5 nitrogen and oxygen atoms in total. The molecule has 25 heavy (non-hydrogen) atoms. The maximum absolute atomic E-state index is 12.8. The van der Waals surface area contributed by atoms with Gasteiger partial charge >= 0.3 is 5.97 Å². The van der Waals surface area contributed by atoms with Gasteiger partial charge < -0.3 is 9.72 Å². The predicted molar refractivity (Wildman–Crippen MR) is 93.4 cm³/mol. The molecule has 2 aromatic carbocycles. The number of benzene rings is 2. The number of nitrogens with one attached hydrogen (secondary N) is 1. The minimum Gasteiger partial charge on any atom is -0.451 e. The molecule has 0 saturated carbocycles. The van der Waals surface area contributed by atoms with E-state index in [1.165, 1.54) is 24.3 Å². The van der Waals surface area contributed by atoms with Crippen molar-refractivity contribution in [1.29, 1.82) is 5.26 Å². The van der Waals surface area contributed by atoms with E-state index in [4.69, 9.17) is 10.00 Å². The van der Waals surface area contributed by atoms with Crippen LogP contribution in [0.15, 0.2) is 48.5 Å². The van der Waals surface area contributed by atoms with Crippen LogP contribution in [0, 0.1) is 18.3 Å². The lowest BCUT2D eigenvalue weighted by Gasteiger charge is -2.12. The van der Waals surface area contributed by atoms with E-state index in [9.17, 15) is 9.59 Å². The van der Waals surface area contributed by atoms with Crippen LogP contribution in [0.25, 0.3) is 10.9 Å².